The number of aliphatic hydroxyl groups excluding tert-OH is 2. The Kier molecular flexibility index (Phi) is 17.9. The van der Waals surface area contributed by atoms with Crippen molar-refractivity contribution in [3.05, 3.63) is 70.5 Å². The summed E-state index contributed by atoms with van der Waals surface area (Å²) in [6.07, 6.45) is -7.05. The Morgan fingerprint density at radius 2 is 1.69 bits per heavy atom. The Balaban J connectivity index is 1.02. The highest BCUT2D eigenvalue weighted by Gasteiger charge is 2.50. The Morgan fingerprint density at radius 1 is 1.01 bits per heavy atom. The van der Waals surface area contributed by atoms with Crippen LogP contribution in [0.25, 0.3) is 11.2 Å². The van der Waals surface area contributed by atoms with E-state index in [0.717, 1.165) is 29.0 Å². The highest BCUT2D eigenvalue weighted by Crippen LogP contribution is 2.61. The lowest BCUT2D eigenvalue weighted by Crippen LogP contribution is -2.46. The molecule has 0 saturated carbocycles. The summed E-state index contributed by atoms with van der Waals surface area (Å²) in [4.78, 5) is 102. The summed E-state index contributed by atoms with van der Waals surface area (Å²) < 4.78 is 64.1. The molecule has 1 aliphatic rings. The van der Waals surface area contributed by atoms with Crippen LogP contribution in [-0.4, -0.2) is 133 Å². The quantitative estimate of drug-likeness (QED) is 0.0288. The van der Waals surface area contributed by atoms with E-state index in [9.17, 15) is 62.7 Å². The number of ether oxygens (including phenoxy) is 1. The predicted molar refractivity (Wildman–Crippen MR) is 236 cm³/mol. The van der Waals surface area contributed by atoms with Gasteiger partial charge in [0, 0.05) is 54.0 Å². The number of thioether (sulfide) groups is 1. The number of hydrogen-bond donors (Lipinski definition) is 9. The van der Waals surface area contributed by atoms with Gasteiger partial charge in [-0.05, 0) is 42.8 Å². The largest absolute Gasteiger partial charge is 0.481 e. The SMILES string of the molecule is Cc1cc(CC(=O)SCCNC(=O)CCNC(=O)C(O)C(C)(C)COP(=O)(O)OP(=O)(O)OCC2OC(n3cnc4c(N)ncnc43)C(O)C2OP(=O)(O)O)n(C)c1C(=O)c1ccc(Cl)cc1. The van der Waals surface area contributed by atoms with Gasteiger partial charge in [0.25, 0.3) is 0 Å². The molecule has 7 unspecified atom stereocenters. The van der Waals surface area contributed by atoms with Crippen LogP contribution >= 0.6 is 46.8 Å². The second-order valence-electron chi connectivity index (χ2n) is 15.5. The molecule has 5 rings (SSSR count). The first-order valence-electron chi connectivity index (χ1n) is 19.7. The lowest BCUT2D eigenvalue weighted by molar-refractivity contribution is -0.137. The third-order valence-corrected chi connectivity index (χ3v) is 14.2. The van der Waals surface area contributed by atoms with Crippen molar-refractivity contribution in [1.29, 1.82) is 0 Å². The number of halogens is 1. The number of anilines is 1. The topological polar surface area (TPSA) is 386 Å². The zero-order chi connectivity index (χ0) is 49.6. The number of carbonyl (C=O) groups excluding carboxylic acids is 4. The number of aromatic nitrogens is 5. The number of imidazole rings is 1. The van der Waals surface area contributed by atoms with Crippen molar-refractivity contribution in [3.63, 3.8) is 0 Å². The second-order valence-corrected chi connectivity index (χ2v) is 21.4. The predicted octanol–water partition coefficient (Wildman–Crippen LogP) is 1.44. The van der Waals surface area contributed by atoms with Gasteiger partial charge in [-0.2, -0.15) is 4.31 Å². The summed E-state index contributed by atoms with van der Waals surface area (Å²) in [5.74, 6) is -1.54. The molecule has 0 spiro atoms. The number of aryl methyl sites for hydroxylation is 1. The van der Waals surface area contributed by atoms with Crippen molar-refractivity contribution in [3.8, 4) is 0 Å². The maximum absolute atomic E-state index is 13.1. The number of phosphoric ester groups is 3. The highest BCUT2D eigenvalue weighted by molar-refractivity contribution is 8.13. The van der Waals surface area contributed by atoms with E-state index in [1.165, 1.54) is 13.8 Å². The van der Waals surface area contributed by atoms with Crippen molar-refractivity contribution >= 4 is 86.5 Å². The standard InChI is InChI=1S/C36H48ClN8O18P3S/c1-19-13-22(44(4)27(19)28(48)20-5-7-21(37)8-6-20)14-25(47)67-12-11-39-24(46)9-10-40-34(51)31(50)36(2,3)16-60-66(57,58)63-65(55,56)59-15-23-30(62-64(52,53)54)29(49)35(61-23)45-18-43-26-32(38)41-17-42-33(26)45/h5-8,13,17-18,23,29-31,35,49-50H,9-12,14-16H2,1-4H3,(H,39,46)(H,40,51)(H,55,56)(H,57,58)(H2,38,41,42)(H2,52,53,54). The molecule has 4 heterocycles. The summed E-state index contributed by atoms with van der Waals surface area (Å²) in [6, 6.07) is 8.24. The van der Waals surface area contributed by atoms with Gasteiger partial charge < -0.3 is 55.5 Å². The lowest BCUT2D eigenvalue weighted by atomic mass is 9.87. The minimum Gasteiger partial charge on any atom is -0.386 e. The zero-order valence-electron chi connectivity index (χ0n) is 35.9. The van der Waals surface area contributed by atoms with Crippen LogP contribution in [0, 0.1) is 12.3 Å². The molecular weight excluding hydrogens is 993 g/mol. The number of hydrogen-bond acceptors (Lipinski definition) is 19. The molecule has 1 aliphatic heterocycles. The molecule has 26 nitrogen and oxygen atoms in total. The molecule has 0 radical (unpaired) electrons. The van der Waals surface area contributed by atoms with Crippen molar-refractivity contribution in [2.45, 2.75) is 64.3 Å². The molecule has 0 bridgehead atoms. The number of rotatable bonds is 23. The molecule has 1 fully saturated rings. The van der Waals surface area contributed by atoms with Gasteiger partial charge in [-0.1, -0.05) is 37.2 Å². The van der Waals surface area contributed by atoms with Crippen LogP contribution in [0.2, 0.25) is 5.02 Å². The maximum atomic E-state index is 13.1. The van der Waals surface area contributed by atoms with Gasteiger partial charge in [-0.25, -0.2) is 28.6 Å². The fourth-order valence-electron chi connectivity index (χ4n) is 6.56. The number of nitrogens with two attached hydrogens (primary N) is 1. The lowest BCUT2D eigenvalue weighted by Gasteiger charge is -2.30. The molecule has 3 aromatic heterocycles. The van der Waals surface area contributed by atoms with E-state index in [0.29, 0.717) is 27.5 Å². The van der Waals surface area contributed by atoms with Gasteiger partial charge in [-0.3, -0.25) is 37.3 Å². The molecule has 67 heavy (non-hydrogen) atoms. The number of benzene rings is 1. The van der Waals surface area contributed by atoms with Crippen LogP contribution in [0.3, 0.4) is 0 Å². The Bertz CT molecular complexity index is 2610. The summed E-state index contributed by atoms with van der Waals surface area (Å²) >= 11 is 6.92. The molecule has 368 valence electrons. The average molecular weight is 1040 g/mol. The molecule has 1 saturated heterocycles. The van der Waals surface area contributed by atoms with Crippen LogP contribution in [0.4, 0.5) is 5.82 Å². The summed E-state index contributed by atoms with van der Waals surface area (Å²) in [5.41, 5.74) is 6.45. The number of fused-ring (bicyclic) bond motifs is 1. The van der Waals surface area contributed by atoms with Crippen molar-refractivity contribution in [2.24, 2.45) is 12.5 Å². The number of phosphoric acid groups is 3. The summed E-state index contributed by atoms with van der Waals surface area (Å²) in [6.45, 7) is 2.05. The Morgan fingerprint density at radius 3 is 2.36 bits per heavy atom. The number of aliphatic hydroxyl groups is 2. The van der Waals surface area contributed by atoms with Crippen LogP contribution < -0.4 is 16.4 Å². The monoisotopic (exact) mass is 1040 g/mol. The maximum Gasteiger partial charge on any atom is 0.481 e. The second kappa shape index (κ2) is 22.2. The van der Waals surface area contributed by atoms with E-state index in [2.05, 4.69) is 34.4 Å². The summed E-state index contributed by atoms with van der Waals surface area (Å²) in [7, 11) is -14.8. The van der Waals surface area contributed by atoms with Gasteiger partial charge >= 0.3 is 23.5 Å². The number of nitrogens with one attached hydrogen (secondary N) is 2. The third kappa shape index (κ3) is 14.5. The molecule has 10 N–H and O–H groups in total. The molecule has 0 aliphatic carbocycles. The van der Waals surface area contributed by atoms with E-state index in [1.807, 2.05) is 0 Å². The van der Waals surface area contributed by atoms with Gasteiger partial charge in [-0.15, -0.1) is 0 Å². The van der Waals surface area contributed by atoms with Crippen LogP contribution in [0.5, 0.6) is 0 Å². The average Bonchev–Trinajstić information content (AvgIpc) is 3.89. The number of nitrogens with zero attached hydrogens (tertiary/aromatic N) is 5. The minimum absolute atomic E-state index is 0.0207. The van der Waals surface area contributed by atoms with Crippen molar-refractivity contribution in [2.75, 3.05) is 37.8 Å². The first-order chi connectivity index (χ1) is 31.2. The molecule has 7 atom stereocenters. The van der Waals surface area contributed by atoms with Crippen LogP contribution in [0.1, 0.15) is 53.8 Å². The number of nitrogen functional groups attached to an aromatic ring is 1. The zero-order valence-corrected chi connectivity index (χ0v) is 40.2. The van der Waals surface area contributed by atoms with E-state index < -0.39 is 84.6 Å². The molecule has 2 amide bonds. The minimum atomic E-state index is -5.60. The van der Waals surface area contributed by atoms with E-state index in [-0.39, 0.29) is 59.6 Å². The van der Waals surface area contributed by atoms with E-state index in [1.54, 1.807) is 48.9 Å². The van der Waals surface area contributed by atoms with Crippen molar-refractivity contribution in [1.82, 2.24) is 34.7 Å². The van der Waals surface area contributed by atoms with E-state index >= 15 is 0 Å². The first-order valence-corrected chi connectivity index (χ1v) is 25.6. The molecular formula is C36H48ClN8O18P3S. The molecule has 31 heteroatoms. The van der Waals surface area contributed by atoms with Crippen molar-refractivity contribution < 1.29 is 85.3 Å². The number of amides is 2. The Hall–Kier alpha value is -3.98. The van der Waals surface area contributed by atoms with Gasteiger partial charge in [0.15, 0.2) is 22.8 Å². The van der Waals surface area contributed by atoms with Gasteiger partial charge in [0.2, 0.25) is 17.6 Å². The fraction of sp³-hybridized carbons (Fsp3) is 0.472. The normalized spacial score (nSPS) is 20.0. The highest BCUT2D eigenvalue weighted by atomic mass is 35.5. The third-order valence-electron chi connectivity index (χ3n) is 9.93. The van der Waals surface area contributed by atoms with Crippen LogP contribution in [0.15, 0.2) is 43.0 Å². The van der Waals surface area contributed by atoms with Gasteiger partial charge in [0.05, 0.1) is 31.7 Å². The number of ketones is 1. The smallest absolute Gasteiger partial charge is 0.386 e. The molecule has 4 aromatic rings. The Labute approximate surface area is 390 Å². The van der Waals surface area contributed by atoms with E-state index in [4.69, 9.17) is 31.1 Å². The first kappa shape index (κ1) is 54.0. The summed E-state index contributed by atoms with van der Waals surface area (Å²) in [5, 5.41) is 26.8. The van der Waals surface area contributed by atoms with Crippen LogP contribution in [-0.2, 0) is 64.2 Å². The molecule has 1 aromatic carbocycles. The van der Waals surface area contributed by atoms with Gasteiger partial charge in [0.1, 0.15) is 36.3 Å². The number of carbonyl (C=O) groups is 4. The fourth-order valence-corrected chi connectivity index (χ4v) is 10.2.